The lowest BCUT2D eigenvalue weighted by Gasteiger charge is -2.17. The normalized spacial score (nSPS) is 27.9. The van der Waals surface area contributed by atoms with Crippen LogP contribution in [-0.4, -0.2) is 35.2 Å². The maximum atomic E-state index is 11.7. The maximum absolute atomic E-state index is 11.7. The van der Waals surface area contributed by atoms with Gasteiger partial charge >= 0.3 is 6.09 Å². The van der Waals surface area contributed by atoms with Gasteiger partial charge in [0.25, 0.3) is 0 Å². The lowest BCUT2D eigenvalue weighted by molar-refractivity contribution is -0.127. The molecule has 1 heterocycles. The Hall–Kier alpha value is -1.10. The molecule has 0 bridgehead atoms. The highest BCUT2D eigenvalue weighted by Crippen LogP contribution is 2.31. The van der Waals surface area contributed by atoms with Gasteiger partial charge in [-0.3, -0.25) is 4.79 Å². The van der Waals surface area contributed by atoms with Crippen molar-refractivity contribution in [1.29, 1.82) is 0 Å². The summed E-state index contributed by atoms with van der Waals surface area (Å²) in [6.07, 6.45) is -0.555. The highest BCUT2D eigenvalue weighted by atomic mass is 16.6. The molecule has 1 saturated heterocycles. The van der Waals surface area contributed by atoms with Crippen LogP contribution in [0.2, 0.25) is 0 Å². The summed E-state index contributed by atoms with van der Waals surface area (Å²) in [4.78, 5) is 22.1. The Morgan fingerprint density at radius 3 is 2.47 bits per heavy atom. The third kappa shape index (κ3) is 3.20. The fourth-order valence-corrected chi connectivity index (χ4v) is 1.68. The number of rotatable bonds is 5. The van der Waals surface area contributed by atoms with Crippen molar-refractivity contribution in [3.63, 3.8) is 0 Å². The standard InChI is InChI=1S/C10H17NO4/c1-6(4-7(2)11-9(13)14)8(12)10(3)5-15-10/h6-7,11H,4-5H2,1-3H3,(H,13,14)/t6-,7?,10-/m1/s1. The van der Waals surface area contributed by atoms with Crippen molar-refractivity contribution < 1.29 is 19.4 Å². The van der Waals surface area contributed by atoms with E-state index in [1.54, 1.807) is 20.8 Å². The van der Waals surface area contributed by atoms with Gasteiger partial charge in [0.1, 0.15) is 5.60 Å². The Labute approximate surface area is 88.8 Å². The first-order valence-corrected chi connectivity index (χ1v) is 5.03. The molecule has 5 heteroatoms. The molecule has 15 heavy (non-hydrogen) atoms. The first-order valence-electron chi connectivity index (χ1n) is 5.03. The molecule has 1 amide bonds. The van der Waals surface area contributed by atoms with Crippen molar-refractivity contribution >= 4 is 11.9 Å². The SMILES string of the molecule is CC(C[C@@H](C)C(=O)[C@@]1(C)CO1)NC(=O)O. The van der Waals surface area contributed by atoms with Crippen LogP contribution in [0.3, 0.4) is 0 Å². The van der Waals surface area contributed by atoms with E-state index in [0.717, 1.165) is 0 Å². The molecule has 0 aromatic rings. The Morgan fingerprint density at radius 2 is 2.07 bits per heavy atom. The van der Waals surface area contributed by atoms with Crippen molar-refractivity contribution in [2.45, 2.75) is 38.8 Å². The van der Waals surface area contributed by atoms with Crippen molar-refractivity contribution in [2.75, 3.05) is 6.61 Å². The van der Waals surface area contributed by atoms with Gasteiger partial charge in [0.2, 0.25) is 0 Å². The summed E-state index contributed by atoms with van der Waals surface area (Å²) in [6.45, 7) is 5.79. The summed E-state index contributed by atoms with van der Waals surface area (Å²) in [6, 6.07) is -0.219. The minimum Gasteiger partial charge on any atom is -0.465 e. The second-order valence-electron chi connectivity index (χ2n) is 4.37. The molecular formula is C10H17NO4. The molecule has 0 aromatic carbocycles. The highest BCUT2D eigenvalue weighted by molar-refractivity contribution is 5.91. The molecule has 0 radical (unpaired) electrons. The first kappa shape index (κ1) is 12.0. The molecule has 1 fully saturated rings. The molecule has 5 nitrogen and oxygen atoms in total. The lowest BCUT2D eigenvalue weighted by atomic mass is 9.91. The highest BCUT2D eigenvalue weighted by Gasteiger charge is 2.48. The van der Waals surface area contributed by atoms with Gasteiger partial charge in [-0.2, -0.15) is 0 Å². The molecule has 0 aliphatic carbocycles. The molecule has 2 N–H and O–H groups in total. The molecule has 0 spiro atoms. The molecular weight excluding hydrogens is 198 g/mol. The number of Topliss-reactive ketones (excluding diaryl/α,β-unsaturated/α-hetero) is 1. The van der Waals surface area contributed by atoms with Gasteiger partial charge < -0.3 is 15.2 Å². The quantitative estimate of drug-likeness (QED) is 0.671. The van der Waals surface area contributed by atoms with Crippen molar-refractivity contribution in [3.05, 3.63) is 0 Å². The Bertz CT molecular complexity index is 273. The van der Waals surface area contributed by atoms with Crippen LogP contribution < -0.4 is 5.32 Å². The molecule has 86 valence electrons. The van der Waals surface area contributed by atoms with Crippen molar-refractivity contribution in [3.8, 4) is 0 Å². The zero-order chi connectivity index (χ0) is 11.6. The topological polar surface area (TPSA) is 78.9 Å². The third-order valence-electron chi connectivity index (χ3n) is 2.62. The van der Waals surface area contributed by atoms with Gasteiger partial charge in [0.15, 0.2) is 5.78 Å². The molecule has 1 unspecified atom stereocenters. The number of ether oxygens (including phenoxy) is 1. The number of hydrogen-bond acceptors (Lipinski definition) is 3. The largest absolute Gasteiger partial charge is 0.465 e. The number of nitrogens with one attached hydrogen (secondary N) is 1. The van der Waals surface area contributed by atoms with E-state index in [1.807, 2.05) is 0 Å². The van der Waals surface area contributed by atoms with Crippen LogP contribution in [0.5, 0.6) is 0 Å². The van der Waals surface area contributed by atoms with Gasteiger partial charge in [0.05, 0.1) is 6.61 Å². The lowest BCUT2D eigenvalue weighted by Crippen LogP contribution is -2.36. The van der Waals surface area contributed by atoms with Crippen LogP contribution in [0.1, 0.15) is 27.2 Å². The summed E-state index contributed by atoms with van der Waals surface area (Å²) in [5.41, 5.74) is -0.609. The van der Waals surface area contributed by atoms with Crippen LogP contribution >= 0.6 is 0 Å². The average Bonchev–Trinajstić information content (AvgIpc) is 2.81. The number of carboxylic acid groups (broad SMARTS) is 1. The number of hydrogen-bond donors (Lipinski definition) is 2. The van der Waals surface area contributed by atoms with E-state index >= 15 is 0 Å². The average molecular weight is 215 g/mol. The Morgan fingerprint density at radius 1 is 1.53 bits per heavy atom. The van der Waals surface area contributed by atoms with Gasteiger partial charge in [-0.1, -0.05) is 6.92 Å². The predicted octanol–water partition coefficient (Wildman–Crippen LogP) is 1.03. The molecule has 0 aromatic heterocycles. The summed E-state index contributed by atoms with van der Waals surface area (Å²) < 4.78 is 5.06. The van der Waals surface area contributed by atoms with Crippen LogP contribution in [0.4, 0.5) is 4.79 Å². The van der Waals surface area contributed by atoms with Crippen molar-refractivity contribution in [2.24, 2.45) is 5.92 Å². The second-order valence-corrected chi connectivity index (χ2v) is 4.37. The Kier molecular flexibility index (Phi) is 3.34. The number of carbonyl (C=O) groups is 2. The van der Waals surface area contributed by atoms with Gasteiger partial charge in [-0.25, -0.2) is 4.79 Å². The minimum absolute atomic E-state index is 0.0570. The molecule has 1 aliphatic rings. The van der Waals surface area contributed by atoms with E-state index in [9.17, 15) is 9.59 Å². The van der Waals surface area contributed by atoms with E-state index in [1.165, 1.54) is 0 Å². The van der Waals surface area contributed by atoms with E-state index in [0.29, 0.717) is 13.0 Å². The van der Waals surface area contributed by atoms with Crippen LogP contribution in [-0.2, 0) is 9.53 Å². The maximum Gasteiger partial charge on any atom is 0.404 e. The zero-order valence-corrected chi connectivity index (χ0v) is 9.24. The summed E-state index contributed by atoms with van der Waals surface area (Å²) in [7, 11) is 0. The third-order valence-corrected chi connectivity index (χ3v) is 2.62. The summed E-state index contributed by atoms with van der Waals surface area (Å²) >= 11 is 0. The summed E-state index contributed by atoms with van der Waals surface area (Å²) in [5, 5.41) is 10.8. The number of ketones is 1. The fourth-order valence-electron chi connectivity index (χ4n) is 1.68. The number of amides is 1. The summed E-state index contributed by atoms with van der Waals surface area (Å²) in [5.74, 6) is -0.124. The van der Waals surface area contributed by atoms with E-state index in [2.05, 4.69) is 5.32 Å². The van der Waals surface area contributed by atoms with Gasteiger partial charge in [0, 0.05) is 12.0 Å². The minimum atomic E-state index is -1.06. The Balaban J connectivity index is 2.37. The first-order chi connectivity index (χ1) is 6.85. The number of epoxide rings is 1. The van der Waals surface area contributed by atoms with Gasteiger partial charge in [-0.15, -0.1) is 0 Å². The zero-order valence-electron chi connectivity index (χ0n) is 9.24. The van der Waals surface area contributed by atoms with Crippen molar-refractivity contribution in [1.82, 2.24) is 5.32 Å². The van der Waals surface area contributed by atoms with Gasteiger partial charge in [-0.05, 0) is 20.3 Å². The predicted molar refractivity (Wildman–Crippen MR) is 53.8 cm³/mol. The van der Waals surface area contributed by atoms with Crippen LogP contribution in [0.25, 0.3) is 0 Å². The van der Waals surface area contributed by atoms with Crippen LogP contribution in [0.15, 0.2) is 0 Å². The van der Waals surface area contributed by atoms with E-state index in [4.69, 9.17) is 9.84 Å². The number of carbonyl (C=O) groups excluding carboxylic acids is 1. The molecule has 1 rings (SSSR count). The van der Waals surface area contributed by atoms with E-state index in [-0.39, 0.29) is 17.7 Å². The molecule has 0 saturated carbocycles. The molecule has 3 atom stereocenters. The fraction of sp³-hybridized carbons (Fsp3) is 0.800. The van der Waals surface area contributed by atoms with Crippen LogP contribution in [0, 0.1) is 5.92 Å². The molecule has 1 aliphatic heterocycles. The van der Waals surface area contributed by atoms with E-state index < -0.39 is 11.7 Å². The second kappa shape index (κ2) is 4.18. The smallest absolute Gasteiger partial charge is 0.404 e. The monoisotopic (exact) mass is 215 g/mol.